The van der Waals surface area contributed by atoms with E-state index in [1.54, 1.807) is 0 Å². The Hall–Kier alpha value is -1.88. The Morgan fingerprint density at radius 2 is 1.91 bits per heavy atom. The third kappa shape index (κ3) is 2.86. The number of hydrogen-bond donors (Lipinski definition) is 0. The molecular formula is C17H24N4O. The van der Waals surface area contributed by atoms with Crippen LogP contribution >= 0.6 is 0 Å². The maximum absolute atomic E-state index is 5.48. The molecule has 2 heterocycles. The van der Waals surface area contributed by atoms with Gasteiger partial charge in [0.2, 0.25) is 5.89 Å². The second-order valence-electron chi connectivity index (χ2n) is 6.34. The summed E-state index contributed by atoms with van der Waals surface area (Å²) in [5.74, 6) is 1.79. The Morgan fingerprint density at radius 3 is 2.64 bits per heavy atom. The van der Waals surface area contributed by atoms with Crippen LogP contribution in [0.5, 0.6) is 0 Å². The van der Waals surface area contributed by atoms with Gasteiger partial charge >= 0.3 is 0 Å². The first kappa shape index (κ1) is 15.0. The first-order valence-electron chi connectivity index (χ1n) is 7.93. The number of fused-ring (bicyclic) bond motifs is 1. The molecule has 0 saturated carbocycles. The highest BCUT2D eigenvalue weighted by atomic mass is 16.5. The van der Waals surface area contributed by atoms with Crippen LogP contribution in [0.25, 0.3) is 0 Å². The van der Waals surface area contributed by atoms with Gasteiger partial charge in [0.1, 0.15) is 0 Å². The fourth-order valence-corrected chi connectivity index (χ4v) is 2.85. The molecule has 5 heteroatoms. The van der Waals surface area contributed by atoms with Gasteiger partial charge in [-0.2, -0.15) is 4.98 Å². The van der Waals surface area contributed by atoms with E-state index in [2.05, 4.69) is 72.0 Å². The number of rotatable bonds is 3. The van der Waals surface area contributed by atoms with Crippen molar-refractivity contribution in [1.29, 1.82) is 0 Å². The summed E-state index contributed by atoms with van der Waals surface area (Å²) in [6.45, 7) is 9.18. The van der Waals surface area contributed by atoms with Gasteiger partial charge in [-0.25, -0.2) is 0 Å². The molecule has 1 aliphatic heterocycles. The molecule has 0 bridgehead atoms. The molecule has 1 aromatic carbocycles. The Balaban J connectivity index is 1.82. The summed E-state index contributed by atoms with van der Waals surface area (Å²) < 4.78 is 5.48. The lowest BCUT2D eigenvalue weighted by Gasteiger charge is -2.24. The van der Waals surface area contributed by atoms with Gasteiger partial charge in [0, 0.05) is 38.3 Å². The van der Waals surface area contributed by atoms with Gasteiger partial charge in [-0.1, -0.05) is 37.2 Å². The fourth-order valence-electron chi connectivity index (χ4n) is 2.85. The SMILES string of the molecule is CC(C)c1noc(C(C)N2CCN(C)c3ccccc3C2)n1. The normalized spacial score (nSPS) is 17.4. The van der Waals surface area contributed by atoms with E-state index < -0.39 is 0 Å². The predicted octanol–water partition coefficient (Wildman–Crippen LogP) is 3.21. The van der Waals surface area contributed by atoms with Gasteiger partial charge < -0.3 is 9.42 Å². The van der Waals surface area contributed by atoms with Crippen molar-refractivity contribution in [1.82, 2.24) is 15.0 Å². The molecule has 0 spiro atoms. The standard InChI is InChI=1S/C17H24N4O/c1-12(2)16-18-17(22-19-16)13(3)21-10-9-20(4)15-8-6-5-7-14(15)11-21/h5-8,12-13H,9-11H2,1-4H3. The molecule has 5 nitrogen and oxygen atoms in total. The zero-order valence-electron chi connectivity index (χ0n) is 13.8. The number of anilines is 1. The van der Waals surface area contributed by atoms with Gasteiger partial charge in [0.15, 0.2) is 5.82 Å². The van der Waals surface area contributed by atoms with Gasteiger partial charge in [0.25, 0.3) is 0 Å². The molecule has 22 heavy (non-hydrogen) atoms. The lowest BCUT2D eigenvalue weighted by molar-refractivity contribution is 0.172. The minimum Gasteiger partial charge on any atom is -0.373 e. The summed E-state index contributed by atoms with van der Waals surface area (Å²) in [5, 5.41) is 4.09. The third-order valence-electron chi connectivity index (χ3n) is 4.38. The van der Waals surface area contributed by atoms with Crippen LogP contribution in [0.1, 0.15) is 50.0 Å². The Labute approximate surface area is 131 Å². The zero-order valence-corrected chi connectivity index (χ0v) is 13.8. The van der Waals surface area contributed by atoms with Gasteiger partial charge in [0.05, 0.1) is 6.04 Å². The topological polar surface area (TPSA) is 45.4 Å². The van der Waals surface area contributed by atoms with Crippen LogP contribution in [0.3, 0.4) is 0 Å². The molecule has 118 valence electrons. The number of nitrogens with zero attached hydrogens (tertiary/aromatic N) is 4. The van der Waals surface area contributed by atoms with E-state index in [1.807, 2.05) is 0 Å². The Kier molecular flexibility index (Phi) is 4.16. The molecule has 3 rings (SSSR count). The van der Waals surface area contributed by atoms with Crippen LogP contribution in [0.4, 0.5) is 5.69 Å². The van der Waals surface area contributed by atoms with Crippen molar-refractivity contribution in [2.75, 3.05) is 25.0 Å². The smallest absolute Gasteiger partial charge is 0.243 e. The molecule has 0 aliphatic carbocycles. The number of benzene rings is 1. The van der Waals surface area contributed by atoms with E-state index in [1.165, 1.54) is 11.3 Å². The van der Waals surface area contributed by atoms with E-state index >= 15 is 0 Å². The Bertz CT molecular complexity index is 637. The van der Waals surface area contributed by atoms with Gasteiger partial charge in [-0.05, 0) is 18.6 Å². The number of aromatic nitrogens is 2. The monoisotopic (exact) mass is 300 g/mol. The van der Waals surface area contributed by atoms with E-state index in [9.17, 15) is 0 Å². The largest absolute Gasteiger partial charge is 0.373 e. The molecule has 0 radical (unpaired) electrons. The van der Waals surface area contributed by atoms with Crippen molar-refractivity contribution in [3.63, 3.8) is 0 Å². The number of para-hydroxylation sites is 1. The summed E-state index contributed by atoms with van der Waals surface area (Å²) in [7, 11) is 2.15. The lowest BCUT2D eigenvalue weighted by Crippen LogP contribution is -2.31. The average Bonchev–Trinajstić information content (AvgIpc) is 2.94. The number of hydrogen-bond acceptors (Lipinski definition) is 5. The quantitative estimate of drug-likeness (QED) is 0.871. The molecule has 1 atom stereocenters. The minimum absolute atomic E-state index is 0.125. The van der Waals surface area contributed by atoms with Crippen molar-refractivity contribution in [3.05, 3.63) is 41.5 Å². The maximum Gasteiger partial charge on any atom is 0.243 e. The predicted molar refractivity (Wildman–Crippen MR) is 86.9 cm³/mol. The molecule has 2 aromatic rings. The van der Waals surface area contributed by atoms with Crippen LogP contribution in [0.2, 0.25) is 0 Å². The van der Waals surface area contributed by atoms with Crippen LogP contribution < -0.4 is 4.90 Å². The highest BCUT2D eigenvalue weighted by molar-refractivity contribution is 5.53. The molecule has 1 aromatic heterocycles. The van der Waals surface area contributed by atoms with Crippen LogP contribution in [0, 0.1) is 0 Å². The van der Waals surface area contributed by atoms with Crippen molar-refractivity contribution in [3.8, 4) is 0 Å². The van der Waals surface area contributed by atoms with Crippen LogP contribution in [0.15, 0.2) is 28.8 Å². The molecule has 0 fully saturated rings. The highest BCUT2D eigenvalue weighted by Gasteiger charge is 2.25. The van der Waals surface area contributed by atoms with E-state index in [0.717, 1.165) is 25.5 Å². The molecule has 1 aliphatic rings. The molecule has 1 unspecified atom stereocenters. The second kappa shape index (κ2) is 6.08. The fraction of sp³-hybridized carbons (Fsp3) is 0.529. The lowest BCUT2D eigenvalue weighted by atomic mass is 10.1. The van der Waals surface area contributed by atoms with E-state index in [-0.39, 0.29) is 6.04 Å². The first-order valence-corrected chi connectivity index (χ1v) is 7.93. The second-order valence-corrected chi connectivity index (χ2v) is 6.34. The van der Waals surface area contributed by atoms with Crippen LogP contribution in [-0.4, -0.2) is 35.2 Å². The summed E-state index contributed by atoms with van der Waals surface area (Å²) in [6.07, 6.45) is 0. The summed E-state index contributed by atoms with van der Waals surface area (Å²) in [6, 6.07) is 8.71. The van der Waals surface area contributed by atoms with Crippen LogP contribution in [-0.2, 0) is 6.54 Å². The average molecular weight is 300 g/mol. The van der Waals surface area contributed by atoms with E-state index in [0.29, 0.717) is 11.8 Å². The number of likely N-dealkylation sites (N-methyl/N-ethyl adjacent to an activating group) is 1. The molecule has 0 saturated heterocycles. The summed E-state index contributed by atoms with van der Waals surface area (Å²) >= 11 is 0. The third-order valence-corrected chi connectivity index (χ3v) is 4.38. The summed E-state index contributed by atoms with van der Waals surface area (Å²) in [5.41, 5.74) is 2.66. The van der Waals surface area contributed by atoms with Crippen molar-refractivity contribution in [2.24, 2.45) is 0 Å². The van der Waals surface area contributed by atoms with Crippen molar-refractivity contribution in [2.45, 2.75) is 39.3 Å². The maximum atomic E-state index is 5.48. The first-order chi connectivity index (χ1) is 10.6. The van der Waals surface area contributed by atoms with Crippen molar-refractivity contribution >= 4 is 5.69 Å². The highest BCUT2D eigenvalue weighted by Crippen LogP contribution is 2.28. The zero-order chi connectivity index (χ0) is 15.7. The van der Waals surface area contributed by atoms with Gasteiger partial charge in [-0.3, -0.25) is 4.90 Å². The van der Waals surface area contributed by atoms with E-state index in [4.69, 9.17) is 4.52 Å². The van der Waals surface area contributed by atoms with Crippen molar-refractivity contribution < 1.29 is 4.52 Å². The Morgan fingerprint density at radius 1 is 1.14 bits per heavy atom. The van der Waals surface area contributed by atoms with Gasteiger partial charge in [-0.15, -0.1) is 0 Å². The molecule has 0 N–H and O–H groups in total. The molecular weight excluding hydrogens is 276 g/mol. The summed E-state index contributed by atoms with van der Waals surface area (Å²) in [4.78, 5) is 9.28. The molecule has 0 amide bonds. The minimum atomic E-state index is 0.125.